The summed E-state index contributed by atoms with van der Waals surface area (Å²) in [5.41, 5.74) is -2.85. The number of fused-ring (bicyclic) bond motifs is 1. The first-order chi connectivity index (χ1) is 10.8. The topological polar surface area (TPSA) is 155 Å². The Kier molecular flexibility index (Phi) is 3.14. The standard InChI is InChI=1S/C12H8N4O6S/c17-10-8-9(14-12(20)15-10)16(5-13-8)23(21,22)7-4-2-1-3-6(7)11(18)19/h1-5H,(H,18,19)(H2,14,15,17,20). The van der Waals surface area contributed by atoms with E-state index in [1.807, 2.05) is 4.98 Å². The number of carboxylic acid groups (broad SMARTS) is 1. The number of carbonyl (C=O) groups is 1. The van der Waals surface area contributed by atoms with Gasteiger partial charge in [0.25, 0.3) is 15.6 Å². The zero-order valence-electron chi connectivity index (χ0n) is 11.2. The van der Waals surface area contributed by atoms with Crippen LogP contribution in [-0.4, -0.2) is 38.4 Å². The van der Waals surface area contributed by atoms with E-state index in [0.29, 0.717) is 3.97 Å². The number of hydrogen-bond donors (Lipinski definition) is 3. The molecule has 23 heavy (non-hydrogen) atoms. The summed E-state index contributed by atoms with van der Waals surface area (Å²) >= 11 is 0. The maximum atomic E-state index is 12.7. The second kappa shape index (κ2) is 4.91. The third-order valence-corrected chi connectivity index (χ3v) is 4.77. The monoisotopic (exact) mass is 336 g/mol. The number of nitrogens with zero attached hydrogens (tertiary/aromatic N) is 2. The Morgan fingerprint density at radius 2 is 1.87 bits per heavy atom. The van der Waals surface area contributed by atoms with Gasteiger partial charge in [-0.15, -0.1) is 0 Å². The number of H-pyrrole nitrogens is 2. The maximum absolute atomic E-state index is 12.7. The molecule has 3 rings (SSSR count). The highest BCUT2D eigenvalue weighted by atomic mass is 32.2. The van der Waals surface area contributed by atoms with Gasteiger partial charge in [-0.1, -0.05) is 12.1 Å². The number of aromatic nitrogens is 4. The summed E-state index contributed by atoms with van der Waals surface area (Å²) in [5, 5.41) is 9.13. The predicted molar refractivity (Wildman–Crippen MR) is 77.0 cm³/mol. The van der Waals surface area contributed by atoms with Crippen molar-refractivity contribution in [3.63, 3.8) is 0 Å². The molecule has 0 aliphatic carbocycles. The third kappa shape index (κ3) is 2.23. The summed E-state index contributed by atoms with van der Waals surface area (Å²) < 4.78 is 25.9. The van der Waals surface area contributed by atoms with E-state index in [1.165, 1.54) is 12.1 Å². The van der Waals surface area contributed by atoms with Gasteiger partial charge in [-0.3, -0.25) is 14.8 Å². The number of imidazole rings is 1. The molecule has 0 unspecified atom stereocenters. The van der Waals surface area contributed by atoms with Crippen LogP contribution in [0.5, 0.6) is 0 Å². The van der Waals surface area contributed by atoms with Gasteiger partial charge >= 0.3 is 11.7 Å². The van der Waals surface area contributed by atoms with Crippen LogP contribution >= 0.6 is 0 Å². The molecule has 0 radical (unpaired) electrons. The molecule has 1 aromatic carbocycles. The molecule has 2 heterocycles. The van der Waals surface area contributed by atoms with Gasteiger partial charge in [0.15, 0.2) is 11.2 Å². The second-order valence-corrected chi connectivity index (χ2v) is 6.24. The summed E-state index contributed by atoms with van der Waals surface area (Å²) in [7, 11) is -4.38. The van der Waals surface area contributed by atoms with Crippen molar-refractivity contribution in [2.75, 3.05) is 0 Å². The molecule has 2 aromatic heterocycles. The van der Waals surface area contributed by atoms with Gasteiger partial charge in [0.2, 0.25) is 0 Å². The van der Waals surface area contributed by atoms with Crippen LogP contribution in [0.25, 0.3) is 11.2 Å². The Hall–Kier alpha value is -3.21. The fourth-order valence-corrected chi connectivity index (χ4v) is 3.51. The van der Waals surface area contributed by atoms with Gasteiger partial charge in [0.1, 0.15) is 11.2 Å². The lowest BCUT2D eigenvalue weighted by atomic mass is 10.2. The van der Waals surface area contributed by atoms with Gasteiger partial charge in [-0.05, 0) is 12.1 Å². The van der Waals surface area contributed by atoms with Gasteiger partial charge < -0.3 is 5.11 Å². The van der Waals surface area contributed by atoms with Crippen LogP contribution in [0, 0.1) is 0 Å². The highest BCUT2D eigenvalue weighted by Gasteiger charge is 2.26. The van der Waals surface area contributed by atoms with E-state index in [9.17, 15) is 22.8 Å². The molecule has 10 nitrogen and oxygen atoms in total. The van der Waals surface area contributed by atoms with Crippen molar-refractivity contribution in [2.24, 2.45) is 0 Å². The lowest BCUT2D eigenvalue weighted by molar-refractivity contribution is 0.0692. The molecule has 11 heteroatoms. The van der Waals surface area contributed by atoms with E-state index in [4.69, 9.17) is 5.11 Å². The van der Waals surface area contributed by atoms with Crippen molar-refractivity contribution in [3.8, 4) is 0 Å². The SMILES string of the molecule is O=C(O)c1ccccc1S(=O)(=O)n1cnc2c(=O)[nH]c(=O)[nH]c21. The molecular weight excluding hydrogens is 328 g/mol. The minimum atomic E-state index is -4.38. The van der Waals surface area contributed by atoms with E-state index < -0.39 is 37.7 Å². The number of aromatic carboxylic acids is 1. The first-order valence-electron chi connectivity index (χ1n) is 6.10. The Bertz CT molecular complexity index is 1150. The predicted octanol–water partition coefficient (Wildman–Crippen LogP) is -0.652. The van der Waals surface area contributed by atoms with E-state index in [1.54, 1.807) is 0 Å². The Morgan fingerprint density at radius 1 is 1.17 bits per heavy atom. The van der Waals surface area contributed by atoms with E-state index in [2.05, 4.69) is 9.97 Å². The van der Waals surface area contributed by atoms with Gasteiger partial charge in [0, 0.05) is 0 Å². The summed E-state index contributed by atoms with van der Waals surface area (Å²) in [4.78, 5) is 41.4. The van der Waals surface area contributed by atoms with Crippen LogP contribution in [0.4, 0.5) is 0 Å². The zero-order valence-corrected chi connectivity index (χ0v) is 12.0. The molecule has 0 fully saturated rings. The Balaban J connectivity index is 2.37. The largest absolute Gasteiger partial charge is 0.478 e. The van der Waals surface area contributed by atoms with Gasteiger partial charge in [-0.2, -0.15) is 0 Å². The summed E-state index contributed by atoms with van der Waals surface area (Å²) in [6.07, 6.45) is 0.823. The number of nitrogens with one attached hydrogen (secondary N) is 2. The molecule has 3 N–H and O–H groups in total. The maximum Gasteiger partial charge on any atom is 0.337 e. The summed E-state index contributed by atoms with van der Waals surface area (Å²) in [6.45, 7) is 0. The molecule has 0 saturated heterocycles. The molecule has 118 valence electrons. The van der Waals surface area contributed by atoms with Crippen LogP contribution in [0.15, 0.2) is 45.1 Å². The first-order valence-corrected chi connectivity index (χ1v) is 7.54. The number of hydrogen-bond acceptors (Lipinski definition) is 6. The van der Waals surface area contributed by atoms with Crippen molar-refractivity contribution < 1.29 is 18.3 Å². The lowest BCUT2D eigenvalue weighted by Gasteiger charge is -2.08. The minimum Gasteiger partial charge on any atom is -0.478 e. The third-order valence-electron chi connectivity index (χ3n) is 3.06. The fraction of sp³-hybridized carbons (Fsp3) is 0. The van der Waals surface area contributed by atoms with Crippen LogP contribution in [-0.2, 0) is 10.0 Å². The molecule has 3 aromatic rings. The van der Waals surface area contributed by atoms with E-state index >= 15 is 0 Å². The molecule has 0 bridgehead atoms. The molecule has 0 amide bonds. The summed E-state index contributed by atoms with van der Waals surface area (Å²) in [5.74, 6) is -1.43. The average molecular weight is 336 g/mol. The van der Waals surface area contributed by atoms with E-state index in [-0.39, 0.29) is 11.2 Å². The first kappa shape index (κ1) is 14.7. The number of aromatic amines is 2. The number of benzene rings is 1. The van der Waals surface area contributed by atoms with Crippen molar-refractivity contribution in [1.82, 2.24) is 18.9 Å². The Labute approximate surface area is 127 Å². The quantitative estimate of drug-likeness (QED) is 0.574. The molecule has 0 spiro atoms. The van der Waals surface area contributed by atoms with Gasteiger partial charge in [-0.25, -0.2) is 27.0 Å². The molecule has 0 aliphatic rings. The second-order valence-electron chi connectivity index (χ2n) is 4.45. The molecule has 0 saturated carbocycles. The smallest absolute Gasteiger partial charge is 0.337 e. The highest BCUT2D eigenvalue weighted by Crippen LogP contribution is 2.20. The van der Waals surface area contributed by atoms with Crippen LogP contribution in [0.2, 0.25) is 0 Å². The highest BCUT2D eigenvalue weighted by molar-refractivity contribution is 7.90. The van der Waals surface area contributed by atoms with Crippen LogP contribution < -0.4 is 11.2 Å². The average Bonchev–Trinajstić information content (AvgIpc) is 2.92. The summed E-state index contributed by atoms with van der Waals surface area (Å²) in [6, 6.07) is 4.97. The normalized spacial score (nSPS) is 11.7. The van der Waals surface area contributed by atoms with Crippen molar-refractivity contribution in [3.05, 3.63) is 57.0 Å². The van der Waals surface area contributed by atoms with Crippen molar-refractivity contribution in [1.29, 1.82) is 0 Å². The fourth-order valence-electron chi connectivity index (χ4n) is 2.07. The zero-order chi connectivity index (χ0) is 16.8. The van der Waals surface area contributed by atoms with E-state index in [0.717, 1.165) is 18.5 Å². The molecular formula is C12H8N4O6S. The van der Waals surface area contributed by atoms with Gasteiger partial charge in [0.05, 0.1) is 5.56 Å². The van der Waals surface area contributed by atoms with Crippen molar-refractivity contribution >= 4 is 27.2 Å². The lowest BCUT2D eigenvalue weighted by Crippen LogP contribution is -2.24. The minimum absolute atomic E-state index is 0.291. The molecule has 0 atom stereocenters. The number of rotatable bonds is 3. The Morgan fingerprint density at radius 3 is 2.57 bits per heavy atom. The van der Waals surface area contributed by atoms with Crippen molar-refractivity contribution in [2.45, 2.75) is 4.90 Å². The molecule has 0 aliphatic heterocycles. The van der Waals surface area contributed by atoms with Crippen LogP contribution in [0.3, 0.4) is 0 Å². The van der Waals surface area contributed by atoms with Crippen LogP contribution in [0.1, 0.15) is 10.4 Å². The number of carboxylic acids is 1.